The number of unbranched alkanes of at least 4 members (excludes halogenated alkanes) is 2. The molecular formula is C19H29N3O2. The lowest BCUT2D eigenvalue weighted by Crippen LogP contribution is -2.41. The number of hydrogen-bond acceptors (Lipinski definition) is 3. The van der Waals surface area contributed by atoms with E-state index >= 15 is 0 Å². The zero-order valence-electron chi connectivity index (χ0n) is 14.8. The maximum absolute atomic E-state index is 11.0. The van der Waals surface area contributed by atoms with Crippen molar-refractivity contribution in [1.82, 2.24) is 10.6 Å². The number of carbonyl (C=O) groups is 1. The second-order valence-corrected chi connectivity index (χ2v) is 6.39. The van der Waals surface area contributed by atoms with Crippen molar-refractivity contribution in [1.29, 1.82) is 0 Å². The van der Waals surface area contributed by atoms with E-state index in [4.69, 9.17) is 0 Å². The van der Waals surface area contributed by atoms with Gasteiger partial charge in [-0.2, -0.15) is 0 Å². The van der Waals surface area contributed by atoms with Gasteiger partial charge in [0.1, 0.15) is 0 Å². The molecule has 1 aliphatic rings. The van der Waals surface area contributed by atoms with Gasteiger partial charge in [-0.15, -0.1) is 0 Å². The van der Waals surface area contributed by atoms with E-state index in [1.807, 2.05) is 0 Å². The Bertz CT molecular complexity index is 539. The van der Waals surface area contributed by atoms with Crippen molar-refractivity contribution >= 4 is 11.9 Å². The predicted molar refractivity (Wildman–Crippen MR) is 97.2 cm³/mol. The number of methoxy groups -OCH3 is 1. The van der Waals surface area contributed by atoms with Crippen molar-refractivity contribution in [3.05, 3.63) is 35.9 Å². The summed E-state index contributed by atoms with van der Waals surface area (Å²) in [6.07, 6.45) is 5.86. The van der Waals surface area contributed by atoms with Crippen LogP contribution in [0.4, 0.5) is 0 Å². The molecule has 0 heterocycles. The van der Waals surface area contributed by atoms with Crippen molar-refractivity contribution in [2.75, 3.05) is 27.2 Å². The summed E-state index contributed by atoms with van der Waals surface area (Å²) in [4.78, 5) is 15.3. The van der Waals surface area contributed by atoms with Gasteiger partial charge in [0.15, 0.2) is 5.96 Å². The van der Waals surface area contributed by atoms with Crippen LogP contribution >= 0.6 is 0 Å². The van der Waals surface area contributed by atoms with Crippen LogP contribution in [0.3, 0.4) is 0 Å². The summed E-state index contributed by atoms with van der Waals surface area (Å²) < 4.78 is 4.63. The fourth-order valence-electron chi connectivity index (χ4n) is 2.86. The first-order valence-corrected chi connectivity index (χ1v) is 8.77. The molecule has 0 atom stereocenters. The molecule has 1 aromatic rings. The molecule has 1 aromatic carbocycles. The number of guanidine groups is 1. The number of carbonyl (C=O) groups excluding carboxylic acids is 1. The number of esters is 1. The zero-order chi connectivity index (χ0) is 17.3. The summed E-state index contributed by atoms with van der Waals surface area (Å²) in [5.74, 6) is 0.723. The molecule has 0 aliphatic heterocycles. The minimum atomic E-state index is -0.129. The Kier molecular flexibility index (Phi) is 7.09. The smallest absolute Gasteiger partial charge is 0.305 e. The average Bonchev–Trinajstić information content (AvgIpc) is 3.42. The number of nitrogens with zero attached hydrogens (tertiary/aromatic N) is 1. The van der Waals surface area contributed by atoms with Gasteiger partial charge in [0.05, 0.1) is 7.11 Å². The van der Waals surface area contributed by atoms with Gasteiger partial charge in [0.25, 0.3) is 0 Å². The number of nitrogens with one attached hydrogen (secondary N) is 2. The first-order valence-electron chi connectivity index (χ1n) is 8.77. The highest BCUT2D eigenvalue weighted by molar-refractivity contribution is 5.79. The van der Waals surface area contributed by atoms with Gasteiger partial charge in [-0.3, -0.25) is 9.79 Å². The molecule has 1 aliphatic carbocycles. The fraction of sp³-hybridized carbons (Fsp3) is 0.579. The van der Waals surface area contributed by atoms with Crippen LogP contribution in [-0.4, -0.2) is 39.2 Å². The molecule has 132 valence electrons. The van der Waals surface area contributed by atoms with E-state index in [1.54, 1.807) is 7.05 Å². The lowest BCUT2D eigenvalue weighted by Gasteiger charge is -2.19. The number of benzene rings is 1. The van der Waals surface area contributed by atoms with Crippen molar-refractivity contribution in [2.24, 2.45) is 4.99 Å². The van der Waals surface area contributed by atoms with Crippen LogP contribution in [0, 0.1) is 0 Å². The minimum Gasteiger partial charge on any atom is -0.469 e. The Hall–Kier alpha value is -2.04. The van der Waals surface area contributed by atoms with Gasteiger partial charge < -0.3 is 15.4 Å². The summed E-state index contributed by atoms with van der Waals surface area (Å²) in [6, 6.07) is 10.7. The van der Waals surface area contributed by atoms with Crippen molar-refractivity contribution in [3.63, 3.8) is 0 Å². The standard InChI is InChI=1S/C19H29N3O2/c1-20-18(21-14-8-4-7-11-17(23)24-2)22-15-19(12-13-19)16-9-5-3-6-10-16/h3,5-6,9-10H,4,7-8,11-15H2,1-2H3,(H2,20,21,22). The quantitative estimate of drug-likeness (QED) is 0.316. The molecule has 5 heteroatoms. The molecule has 1 saturated carbocycles. The molecule has 0 spiro atoms. The predicted octanol–water partition coefficient (Wildman–Crippen LogP) is 2.62. The molecule has 0 saturated heterocycles. The topological polar surface area (TPSA) is 62.7 Å². The highest BCUT2D eigenvalue weighted by Crippen LogP contribution is 2.47. The molecule has 2 rings (SSSR count). The minimum absolute atomic E-state index is 0.129. The van der Waals surface area contributed by atoms with Gasteiger partial charge >= 0.3 is 5.97 Å². The lowest BCUT2D eigenvalue weighted by atomic mass is 9.96. The van der Waals surface area contributed by atoms with Crippen LogP contribution < -0.4 is 10.6 Å². The Morgan fingerprint density at radius 3 is 2.54 bits per heavy atom. The summed E-state index contributed by atoms with van der Waals surface area (Å²) in [5, 5.41) is 6.80. The van der Waals surface area contributed by atoms with Crippen LogP contribution in [-0.2, 0) is 14.9 Å². The van der Waals surface area contributed by atoms with E-state index in [0.717, 1.165) is 38.3 Å². The molecule has 0 aromatic heterocycles. The largest absolute Gasteiger partial charge is 0.469 e. The number of aliphatic imine (C=N–C) groups is 1. The molecule has 5 nitrogen and oxygen atoms in total. The van der Waals surface area contributed by atoms with E-state index in [1.165, 1.54) is 25.5 Å². The number of hydrogen-bond donors (Lipinski definition) is 2. The Morgan fingerprint density at radius 2 is 1.92 bits per heavy atom. The molecular weight excluding hydrogens is 302 g/mol. The molecule has 0 unspecified atom stereocenters. The van der Waals surface area contributed by atoms with E-state index in [-0.39, 0.29) is 11.4 Å². The van der Waals surface area contributed by atoms with E-state index in [2.05, 4.69) is 50.7 Å². The van der Waals surface area contributed by atoms with Crippen LogP contribution in [0.5, 0.6) is 0 Å². The third-order valence-corrected chi connectivity index (χ3v) is 4.64. The summed E-state index contributed by atoms with van der Waals surface area (Å²) >= 11 is 0. The third kappa shape index (κ3) is 5.55. The third-order valence-electron chi connectivity index (χ3n) is 4.64. The van der Waals surface area contributed by atoms with Crippen molar-refractivity contribution < 1.29 is 9.53 Å². The van der Waals surface area contributed by atoms with Crippen molar-refractivity contribution in [2.45, 2.75) is 43.9 Å². The average molecular weight is 331 g/mol. The molecule has 2 N–H and O–H groups in total. The number of rotatable bonds is 9. The highest BCUT2D eigenvalue weighted by Gasteiger charge is 2.43. The second kappa shape index (κ2) is 9.30. The highest BCUT2D eigenvalue weighted by atomic mass is 16.5. The second-order valence-electron chi connectivity index (χ2n) is 6.39. The fourth-order valence-corrected chi connectivity index (χ4v) is 2.86. The van der Waals surface area contributed by atoms with Crippen LogP contribution in [0.1, 0.15) is 44.1 Å². The van der Waals surface area contributed by atoms with E-state index < -0.39 is 0 Å². The normalized spacial score (nSPS) is 15.7. The Balaban J connectivity index is 1.64. The van der Waals surface area contributed by atoms with Gasteiger partial charge in [-0.25, -0.2) is 0 Å². The maximum Gasteiger partial charge on any atom is 0.305 e. The van der Waals surface area contributed by atoms with E-state index in [0.29, 0.717) is 6.42 Å². The first kappa shape index (κ1) is 18.3. The summed E-state index contributed by atoms with van der Waals surface area (Å²) in [5.41, 5.74) is 1.69. The maximum atomic E-state index is 11.0. The SMILES string of the molecule is CN=C(NCCCCCC(=O)OC)NCC1(c2ccccc2)CC1. The first-order chi connectivity index (χ1) is 11.7. The van der Waals surface area contributed by atoms with Gasteiger partial charge in [0, 0.05) is 32.0 Å². The van der Waals surface area contributed by atoms with Gasteiger partial charge in [0.2, 0.25) is 0 Å². The van der Waals surface area contributed by atoms with Gasteiger partial charge in [-0.1, -0.05) is 36.8 Å². The Labute approximate surface area is 144 Å². The Morgan fingerprint density at radius 1 is 1.17 bits per heavy atom. The molecule has 0 radical (unpaired) electrons. The zero-order valence-corrected chi connectivity index (χ0v) is 14.8. The molecule has 1 fully saturated rings. The van der Waals surface area contributed by atoms with Crippen LogP contribution in [0.15, 0.2) is 35.3 Å². The monoisotopic (exact) mass is 331 g/mol. The van der Waals surface area contributed by atoms with Crippen molar-refractivity contribution in [3.8, 4) is 0 Å². The summed E-state index contributed by atoms with van der Waals surface area (Å²) in [7, 11) is 3.23. The number of ether oxygens (including phenoxy) is 1. The molecule has 0 amide bonds. The van der Waals surface area contributed by atoms with E-state index in [9.17, 15) is 4.79 Å². The van der Waals surface area contributed by atoms with Crippen LogP contribution in [0.25, 0.3) is 0 Å². The van der Waals surface area contributed by atoms with Crippen LogP contribution in [0.2, 0.25) is 0 Å². The van der Waals surface area contributed by atoms with Gasteiger partial charge in [-0.05, 0) is 31.2 Å². The lowest BCUT2D eigenvalue weighted by molar-refractivity contribution is -0.140. The summed E-state index contributed by atoms with van der Waals surface area (Å²) in [6.45, 7) is 1.78. The molecule has 0 bridgehead atoms. The molecule has 24 heavy (non-hydrogen) atoms.